The first-order chi connectivity index (χ1) is 6.13. The summed E-state index contributed by atoms with van der Waals surface area (Å²) in [5.41, 5.74) is 0.832. The molecule has 0 fully saturated rings. The molecular weight excluding hydrogens is 228 g/mol. The molecule has 68 valence electrons. The Kier molecular flexibility index (Phi) is 3.39. The fourth-order valence-electron chi connectivity index (χ4n) is 0.937. The largest absolute Gasteiger partial charge is 0.490 e. The number of hydrogen-bond donors (Lipinski definition) is 0. The van der Waals surface area contributed by atoms with Crippen LogP contribution in [0.15, 0.2) is 22.7 Å². The highest BCUT2D eigenvalue weighted by molar-refractivity contribution is 9.10. The van der Waals surface area contributed by atoms with Gasteiger partial charge in [0.05, 0.1) is 10.6 Å². The number of ether oxygens (including phenoxy) is 1. The van der Waals surface area contributed by atoms with Gasteiger partial charge in [0.15, 0.2) is 0 Å². The van der Waals surface area contributed by atoms with Crippen molar-refractivity contribution in [2.24, 2.45) is 0 Å². The van der Waals surface area contributed by atoms with Gasteiger partial charge in [-0.15, -0.1) is 6.42 Å². The summed E-state index contributed by atoms with van der Waals surface area (Å²) in [6.45, 7) is 3.96. The van der Waals surface area contributed by atoms with E-state index in [1.807, 2.05) is 32.0 Å². The molecule has 0 bridgehead atoms. The standard InChI is InChI=1S/C11H11BrO/c1-4-9-5-6-10(12)11(7-9)13-8(2)3/h1,5-8H,2-3H3. The maximum Gasteiger partial charge on any atom is 0.135 e. The predicted octanol–water partition coefficient (Wildman–Crippen LogP) is 3.22. The third-order valence-corrected chi connectivity index (χ3v) is 2.12. The van der Waals surface area contributed by atoms with Gasteiger partial charge in [-0.1, -0.05) is 5.92 Å². The van der Waals surface area contributed by atoms with Crippen LogP contribution in [-0.4, -0.2) is 6.10 Å². The lowest BCUT2D eigenvalue weighted by molar-refractivity contribution is 0.241. The second-order valence-corrected chi connectivity index (χ2v) is 3.81. The lowest BCUT2D eigenvalue weighted by Crippen LogP contribution is -2.06. The van der Waals surface area contributed by atoms with E-state index in [2.05, 4.69) is 21.9 Å². The summed E-state index contributed by atoms with van der Waals surface area (Å²) in [4.78, 5) is 0. The molecule has 0 aliphatic carbocycles. The summed E-state index contributed by atoms with van der Waals surface area (Å²) in [5, 5.41) is 0. The first kappa shape index (κ1) is 10.1. The average molecular weight is 239 g/mol. The molecule has 0 heterocycles. The molecule has 13 heavy (non-hydrogen) atoms. The van der Waals surface area contributed by atoms with Crippen molar-refractivity contribution in [3.8, 4) is 18.1 Å². The molecule has 0 atom stereocenters. The van der Waals surface area contributed by atoms with Gasteiger partial charge in [-0.2, -0.15) is 0 Å². The van der Waals surface area contributed by atoms with Crippen LogP contribution in [0.5, 0.6) is 5.75 Å². The predicted molar refractivity (Wildman–Crippen MR) is 57.8 cm³/mol. The summed E-state index contributed by atoms with van der Waals surface area (Å²) in [6, 6.07) is 5.62. The second-order valence-electron chi connectivity index (χ2n) is 2.96. The second kappa shape index (κ2) is 4.34. The highest BCUT2D eigenvalue weighted by Crippen LogP contribution is 2.26. The zero-order valence-corrected chi connectivity index (χ0v) is 9.26. The van der Waals surface area contributed by atoms with Crippen molar-refractivity contribution in [1.29, 1.82) is 0 Å². The van der Waals surface area contributed by atoms with Crippen molar-refractivity contribution in [2.45, 2.75) is 20.0 Å². The summed E-state index contributed by atoms with van der Waals surface area (Å²) < 4.78 is 6.48. The molecule has 0 saturated carbocycles. The number of benzene rings is 1. The first-order valence-corrected chi connectivity index (χ1v) is 4.85. The normalized spacial score (nSPS) is 9.77. The number of hydrogen-bond acceptors (Lipinski definition) is 1. The summed E-state index contributed by atoms with van der Waals surface area (Å²) in [5.74, 6) is 3.36. The number of rotatable bonds is 2. The molecule has 1 rings (SSSR count). The van der Waals surface area contributed by atoms with Crippen LogP contribution in [0.2, 0.25) is 0 Å². The fraction of sp³-hybridized carbons (Fsp3) is 0.273. The van der Waals surface area contributed by atoms with Gasteiger partial charge < -0.3 is 4.74 Å². The molecule has 0 saturated heterocycles. The highest BCUT2D eigenvalue weighted by Gasteiger charge is 2.03. The third-order valence-electron chi connectivity index (χ3n) is 1.46. The molecule has 2 heteroatoms. The van der Waals surface area contributed by atoms with Gasteiger partial charge in [-0.3, -0.25) is 0 Å². The molecule has 0 aromatic heterocycles. The smallest absolute Gasteiger partial charge is 0.135 e. The van der Waals surface area contributed by atoms with E-state index in [0.29, 0.717) is 0 Å². The molecule has 1 nitrogen and oxygen atoms in total. The minimum absolute atomic E-state index is 0.157. The Bertz CT molecular complexity index is 336. The van der Waals surface area contributed by atoms with Gasteiger partial charge in [0, 0.05) is 5.56 Å². The van der Waals surface area contributed by atoms with E-state index in [1.54, 1.807) is 0 Å². The van der Waals surface area contributed by atoms with Crippen LogP contribution in [0.25, 0.3) is 0 Å². The van der Waals surface area contributed by atoms with Gasteiger partial charge >= 0.3 is 0 Å². The van der Waals surface area contributed by atoms with Crippen molar-refractivity contribution in [3.63, 3.8) is 0 Å². The molecule has 0 N–H and O–H groups in total. The number of terminal acetylenes is 1. The van der Waals surface area contributed by atoms with Gasteiger partial charge in [-0.05, 0) is 48.0 Å². The van der Waals surface area contributed by atoms with E-state index in [0.717, 1.165) is 15.8 Å². The van der Waals surface area contributed by atoms with E-state index >= 15 is 0 Å². The average Bonchev–Trinajstić information content (AvgIpc) is 2.08. The first-order valence-electron chi connectivity index (χ1n) is 4.06. The zero-order valence-electron chi connectivity index (χ0n) is 7.67. The lowest BCUT2D eigenvalue weighted by atomic mass is 10.2. The minimum atomic E-state index is 0.157. The maximum absolute atomic E-state index is 5.55. The molecule has 0 unspecified atom stereocenters. The van der Waals surface area contributed by atoms with Gasteiger partial charge in [0.2, 0.25) is 0 Å². The van der Waals surface area contributed by atoms with Crippen molar-refractivity contribution < 1.29 is 4.74 Å². The Morgan fingerprint density at radius 1 is 1.46 bits per heavy atom. The van der Waals surface area contributed by atoms with E-state index < -0.39 is 0 Å². The zero-order chi connectivity index (χ0) is 9.84. The summed E-state index contributed by atoms with van der Waals surface area (Å²) >= 11 is 3.39. The Morgan fingerprint density at radius 3 is 2.69 bits per heavy atom. The summed E-state index contributed by atoms with van der Waals surface area (Å²) in [6.07, 6.45) is 5.44. The molecule has 0 radical (unpaired) electrons. The van der Waals surface area contributed by atoms with Crippen molar-refractivity contribution in [1.82, 2.24) is 0 Å². The van der Waals surface area contributed by atoms with Crippen molar-refractivity contribution in [3.05, 3.63) is 28.2 Å². The van der Waals surface area contributed by atoms with E-state index in [-0.39, 0.29) is 6.10 Å². The Morgan fingerprint density at radius 2 is 2.15 bits per heavy atom. The van der Waals surface area contributed by atoms with Crippen LogP contribution in [0.4, 0.5) is 0 Å². The Balaban J connectivity index is 2.99. The van der Waals surface area contributed by atoms with E-state index in [4.69, 9.17) is 11.2 Å². The van der Waals surface area contributed by atoms with Crippen molar-refractivity contribution in [2.75, 3.05) is 0 Å². The number of halogens is 1. The lowest BCUT2D eigenvalue weighted by Gasteiger charge is -2.11. The molecule has 0 aliphatic heterocycles. The van der Waals surface area contributed by atoms with Crippen LogP contribution < -0.4 is 4.74 Å². The molecule has 0 spiro atoms. The molecule has 1 aromatic rings. The van der Waals surface area contributed by atoms with Gasteiger partial charge in [-0.25, -0.2) is 0 Å². The van der Waals surface area contributed by atoms with E-state index in [1.165, 1.54) is 0 Å². The monoisotopic (exact) mass is 238 g/mol. The summed E-state index contributed by atoms with van der Waals surface area (Å²) in [7, 11) is 0. The Labute approximate surface area is 87.2 Å². The molecule has 0 aliphatic rings. The molecular formula is C11H11BrO. The van der Waals surface area contributed by atoms with Crippen LogP contribution in [0, 0.1) is 12.3 Å². The van der Waals surface area contributed by atoms with Crippen molar-refractivity contribution >= 4 is 15.9 Å². The Hall–Kier alpha value is -0.940. The van der Waals surface area contributed by atoms with E-state index in [9.17, 15) is 0 Å². The van der Waals surface area contributed by atoms with Crippen LogP contribution >= 0.6 is 15.9 Å². The highest BCUT2D eigenvalue weighted by atomic mass is 79.9. The maximum atomic E-state index is 5.55. The molecule has 0 amide bonds. The van der Waals surface area contributed by atoms with Crippen LogP contribution in [0.1, 0.15) is 19.4 Å². The van der Waals surface area contributed by atoms with Gasteiger partial charge in [0.25, 0.3) is 0 Å². The minimum Gasteiger partial charge on any atom is -0.490 e. The topological polar surface area (TPSA) is 9.23 Å². The van der Waals surface area contributed by atoms with Gasteiger partial charge in [0.1, 0.15) is 5.75 Å². The fourth-order valence-corrected chi connectivity index (χ4v) is 1.28. The quantitative estimate of drug-likeness (QED) is 0.720. The SMILES string of the molecule is C#Cc1ccc(Br)c(OC(C)C)c1. The third kappa shape index (κ3) is 2.78. The van der Waals surface area contributed by atoms with Crippen LogP contribution in [-0.2, 0) is 0 Å². The van der Waals surface area contributed by atoms with Crippen LogP contribution in [0.3, 0.4) is 0 Å². The molecule has 1 aromatic carbocycles.